The van der Waals surface area contributed by atoms with E-state index in [9.17, 15) is 5.26 Å². The van der Waals surface area contributed by atoms with Crippen molar-refractivity contribution in [2.24, 2.45) is 5.10 Å². The first kappa shape index (κ1) is 23.5. The summed E-state index contributed by atoms with van der Waals surface area (Å²) in [6.07, 6.45) is 1.72. The zero-order chi connectivity index (χ0) is 23.5. The van der Waals surface area contributed by atoms with Crippen LogP contribution in [-0.2, 0) is 13.2 Å². The third-order valence-corrected chi connectivity index (χ3v) is 4.82. The van der Waals surface area contributed by atoms with Crippen molar-refractivity contribution in [2.45, 2.75) is 20.1 Å². The average Bonchev–Trinajstić information content (AvgIpc) is 2.86. The van der Waals surface area contributed by atoms with Crippen molar-refractivity contribution < 1.29 is 18.9 Å². The number of methoxy groups -OCH3 is 2. The topological polar surface area (TPSA) is 85.1 Å². The summed E-state index contributed by atoms with van der Waals surface area (Å²) in [7, 11) is 3.22. The van der Waals surface area contributed by atoms with Crippen molar-refractivity contribution in [2.75, 3.05) is 20.8 Å². The molecule has 0 amide bonds. The highest BCUT2D eigenvalue weighted by Gasteiger charge is 2.08. The van der Waals surface area contributed by atoms with E-state index >= 15 is 0 Å². The van der Waals surface area contributed by atoms with Crippen LogP contribution in [0.5, 0.6) is 23.0 Å². The fourth-order valence-corrected chi connectivity index (χ4v) is 3.15. The van der Waals surface area contributed by atoms with Gasteiger partial charge in [-0.05, 0) is 54.4 Å². The minimum absolute atomic E-state index is 0.282. The van der Waals surface area contributed by atoms with Crippen LogP contribution in [0.15, 0.2) is 65.8 Å². The van der Waals surface area contributed by atoms with Crippen molar-refractivity contribution in [1.29, 1.82) is 5.26 Å². The average molecular weight is 446 g/mol. The van der Waals surface area contributed by atoms with Gasteiger partial charge in [0.15, 0.2) is 23.0 Å². The Balaban J connectivity index is 1.63. The van der Waals surface area contributed by atoms with Gasteiger partial charge in [-0.25, -0.2) is 0 Å². The lowest BCUT2D eigenvalue weighted by molar-refractivity contribution is 0.269. The number of nitrogens with zero attached hydrogens (tertiary/aromatic N) is 2. The standard InChI is InChI=1S/C26H27N3O4/c1-4-32-26-14-20(10-12-24(26)33-18-22-8-6-5-7-21(22)15-27)17-29-28-16-19-9-11-23(30-2)25(13-19)31-3/h5-14,17,28H,4,16,18H2,1-3H3/b29-17-. The maximum Gasteiger partial charge on any atom is 0.161 e. The predicted molar refractivity (Wildman–Crippen MR) is 127 cm³/mol. The van der Waals surface area contributed by atoms with E-state index in [0.29, 0.717) is 41.7 Å². The molecule has 33 heavy (non-hydrogen) atoms. The molecule has 0 unspecified atom stereocenters. The zero-order valence-electron chi connectivity index (χ0n) is 19.0. The first-order valence-corrected chi connectivity index (χ1v) is 10.5. The van der Waals surface area contributed by atoms with Crippen molar-refractivity contribution in [3.63, 3.8) is 0 Å². The molecule has 0 saturated heterocycles. The van der Waals surface area contributed by atoms with Gasteiger partial charge in [0.2, 0.25) is 0 Å². The molecular weight excluding hydrogens is 418 g/mol. The summed E-state index contributed by atoms with van der Waals surface area (Å²) >= 11 is 0. The molecule has 0 aromatic heterocycles. The molecule has 7 heteroatoms. The van der Waals surface area contributed by atoms with Crippen LogP contribution in [-0.4, -0.2) is 27.0 Å². The number of hydrazone groups is 1. The largest absolute Gasteiger partial charge is 0.493 e. The molecular formula is C26H27N3O4. The van der Waals surface area contributed by atoms with Crippen LogP contribution < -0.4 is 24.4 Å². The van der Waals surface area contributed by atoms with Crippen LogP contribution in [0, 0.1) is 11.3 Å². The Bertz CT molecular complexity index is 1140. The van der Waals surface area contributed by atoms with Crippen LogP contribution in [0.1, 0.15) is 29.2 Å². The molecule has 0 spiro atoms. The van der Waals surface area contributed by atoms with E-state index in [1.54, 1.807) is 26.5 Å². The van der Waals surface area contributed by atoms with Crippen LogP contribution in [0.2, 0.25) is 0 Å². The third-order valence-electron chi connectivity index (χ3n) is 4.82. The molecule has 0 aliphatic rings. The van der Waals surface area contributed by atoms with Crippen LogP contribution >= 0.6 is 0 Å². The van der Waals surface area contributed by atoms with Gasteiger partial charge in [-0.2, -0.15) is 10.4 Å². The first-order valence-electron chi connectivity index (χ1n) is 10.5. The van der Waals surface area contributed by atoms with Gasteiger partial charge in [-0.15, -0.1) is 0 Å². The van der Waals surface area contributed by atoms with E-state index in [0.717, 1.165) is 16.7 Å². The van der Waals surface area contributed by atoms with Crippen LogP contribution in [0.25, 0.3) is 0 Å². The molecule has 3 aromatic rings. The third kappa shape index (κ3) is 6.40. The summed E-state index contributed by atoms with van der Waals surface area (Å²) in [6.45, 7) is 3.24. The van der Waals surface area contributed by atoms with E-state index in [1.807, 2.05) is 61.5 Å². The summed E-state index contributed by atoms with van der Waals surface area (Å²) in [5.74, 6) is 2.59. The van der Waals surface area contributed by atoms with Crippen molar-refractivity contribution in [3.05, 3.63) is 82.9 Å². The lowest BCUT2D eigenvalue weighted by Gasteiger charge is -2.13. The first-order chi connectivity index (χ1) is 16.2. The number of ether oxygens (including phenoxy) is 4. The maximum atomic E-state index is 9.25. The molecule has 7 nitrogen and oxygen atoms in total. The summed E-state index contributed by atoms with van der Waals surface area (Å²) in [5, 5.41) is 13.6. The van der Waals surface area contributed by atoms with Gasteiger partial charge in [0.1, 0.15) is 6.61 Å². The second-order valence-corrected chi connectivity index (χ2v) is 6.98. The number of nitrogens with one attached hydrogen (secondary N) is 1. The van der Waals surface area contributed by atoms with Crippen molar-refractivity contribution >= 4 is 6.21 Å². The van der Waals surface area contributed by atoms with Gasteiger partial charge in [0, 0.05) is 5.56 Å². The molecule has 0 heterocycles. The minimum atomic E-state index is 0.282. The number of rotatable bonds is 11. The zero-order valence-corrected chi connectivity index (χ0v) is 19.0. The lowest BCUT2D eigenvalue weighted by atomic mass is 10.1. The SMILES string of the molecule is CCOc1cc(/C=N\NCc2ccc(OC)c(OC)c2)ccc1OCc1ccccc1C#N. The highest BCUT2D eigenvalue weighted by Crippen LogP contribution is 2.29. The number of hydrogen-bond acceptors (Lipinski definition) is 7. The Labute approximate surface area is 194 Å². The molecule has 0 fully saturated rings. The van der Waals surface area contributed by atoms with Crippen molar-refractivity contribution in [1.82, 2.24) is 5.43 Å². The molecule has 0 aliphatic carbocycles. The molecule has 0 bridgehead atoms. The van der Waals surface area contributed by atoms with E-state index in [2.05, 4.69) is 16.6 Å². The highest BCUT2D eigenvalue weighted by atomic mass is 16.5. The summed E-state index contributed by atoms with van der Waals surface area (Å²) < 4.78 is 22.3. The molecule has 3 rings (SSSR count). The Morgan fingerprint density at radius 2 is 1.70 bits per heavy atom. The normalized spacial score (nSPS) is 10.5. The lowest BCUT2D eigenvalue weighted by Crippen LogP contribution is -2.06. The van der Waals surface area contributed by atoms with Gasteiger partial charge in [0.25, 0.3) is 0 Å². The van der Waals surface area contributed by atoms with Crippen molar-refractivity contribution in [3.8, 4) is 29.1 Å². The van der Waals surface area contributed by atoms with E-state index < -0.39 is 0 Å². The summed E-state index contributed by atoms with van der Waals surface area (Å²) in [4.78, 5) is 0. The van der Waals surface area contributed by atoms with Crippen LogP contribution in [0.4, 0.5) is 0 Å². The molecule has 0 atom stereocenters. The second kappa shape index (κ2) is 12.0. The van der Waals surface area contributed by atoms with Gasteiger partial charge in [-0.3, -0.25) is 0 Å². The fourth-order valence-electron chi connectivity index (χ4n) is 3.15. The van der Waals surface area contributed by atoms with Gasteiger partial charge < -0.3 is 24.4 Å². The number of benzene rings is 3. The Morgan fingerprint density at radius 3 is 2.45 bits per heavy atom. The summed E-state index contributed by atoms with van der Waals surface area (Å²) in [5.41, 5.74) is 6.34. The van der Waals surface area contributed by atoms with Gasteiger partial charge >= 0.3 is 0 Å². The van der Waals surface area contributed by atoms with E-state index in [1.165, 1.54) is 0 Å². The molecule has 0 radical (unpaired) electrons. The molecule has 3 aromatic carbocycles. The highest BCUT2D eigenvalue weighted by molar-refractivity contribution is 5.80. The second-order valence-electron chi connectivity index (χ2n) is 6.98. The van der Waals surface area contributed by atoms with E-state index in [-0.39, 0.29) is 6.61 Å². The monoisotopic (exact) mass is 445 g/mol. The Kier molecular flexibility index (Phi) is 8.55. The van der Waals surface area contributed by atoms with Gasteiger partial charge in [-0.1, -0.05) is 24.3 Å². The molecule has 170 valence electrons. The maximum absolute atomic E-state index is 9.25. The van der Waals surface area contributed by atoms with Crippen LogP contribution in [0.3, 0.4) is 0 Å². The fraction of sp³-hybridized carbons (Fsp3) is 0.231. The quantitative estimate of drug-likeness (QED) is 0.341. The summed E-state index contributed by atoms with van der Waals surface area (Å²) in [6, 6.07) is 20.9. The van der Waals surface area contributed by atoms with E-state index in [4.69, 9.17) is 18.9 Å². The molecule has 1 N–H and O–H groups in total. The number of nitriles is 1. The van der Waals surface area contributed by atoms with Gasteiger partial charge in [0.05, 0.1) is 45.2 Å². The number of hydrogen-bond donors (Lipinski definition) is 1. The smallest absolute Gasteiger partial charge is 0.161 e. The Hall–Kier alpha value is -4.18. The molecule has 0 saturated carbocycles. The predicted octanol–water partition coefficient (Wildman–Crippen LogP) is 4.68. The Morgan fingerprint density at radius 1 is 0.909 bits per heavy atom. The minimum Gasteiger partial charge on any atom is -0.493 e. The molecule has 0 aliphatic heterocycles.